The van der Waals surface area contributed by atoms with Gasteiger partial charge in [-0.15, -0.1) is 6.58 Å². The minimum atomic E-state index is -4.11. The summed E-state index contributed by atoms with van der Waals surface area (Å²) in [6.45, 7) is 3.69. The van der Waals surface area contributed by atoms with Crippen LogP contribution >= 0.6 is 0 Å². The lowest BCUT2D eigenvalue weighted by Gasteiger charge is -2.33. The van der Waals surface area contributed by atoms with Crippen molar-refractivity contribution in [3.8, 4) is 28.4 Å². The second-order valence-corrected chi connectivity index (χ2v) is 10.3. The summed E-state index contributed by atoms with van der Waals surface area (Å²) in [6.07, 6.45) is -4.69. The van der Waals surface area contributed by atoms with E-state index in [1.54, 1.807) is 0 Å². The minimum absolute atomic E-state index is 0.0476. The Morgan fingerprint density at radius 3 is 1.84 bits per heavy atom. The SMILES string of the molecule is C=CCCC1CCC(C(F)(F)Oc2ccc(-c3ccc(C(F)(F)Oc4cc(F)c(OC(F)=C(F)F)c(F)c4)cc3)cc2)CC1. The molecule has 1 saturated carbocycles. The third-order valence-electron chi connectivity index (χ3n) is 7.32. The van der Waals surface area contributed by atoms with Gasteiger partial charge in [0.2, 0.25) is 5.75 Å². The molecule has 0 unspecified atom stereocenters. The summed E-state index contributed by atoms with van der Waals surface area (Å²) in [4.78, 5) is 0. The van der Waals surface area contributed by atoms with Crippen molar-refractivity contribution in [2.75, 3.05) is 0 Å². The molecule has 0 bridgehead atoms. The zero-order valence-electron chi connectivity index (χ0n) is 23.1. The summed E-state index contributed by atoms with van der Waals surface area (Å²) in [5.74, 6) is -6.67. The first-order valence-corrected chi connectivity index (χ1v) is 13.6. The number of hydrogen-bond donors (Lipinski definition) is 0. The summed E-state index contributed by atoms with van der Waals surface area (Å²) in [5, 5.41) is 0. The third kappa shape index (κ3) is 8.09. The van der Waals surface area contributed by atoms with Gasteiger partial charge in [0.15, 0.2) is 11.6 Å². The number of hydrogen-bond acceptors (Lipinski definition) is 3. The lowest BCUT2D eigenvalue weighted by atomic mass is 9.79. The van der Waals surface area contributed by atoms with Crippen molar-refractivity contribution in [2.24, 2.45) is 11.8 Å². The van der Waals surface area contributed by atoms with Gasteiger partial charge in [-0.1, -0.05) is 30.3 Å². The maximum Gasteiger partial charge on any atom is 0.426 e. The molecule has 0 atom stereocenters. The fourth-order valence-corrected chi connectivity index (χ4v) is 4.98. The average molecular weight is 631 g/mol. The van der Waals surface area contributed by atoms with Crippen LogP contribution in [-0.4, -0.2) is 6.11 Å². The second-order valence-electron chi connectivity index (χ2n) is 10.3. The Balaban J connectivity index is 1.38. The molecular formula is C32H27F9O3. The van der Waals surface area contributed by atoms with Crippen LogP contribution < -0.4 is 14.2 Å². The van der Waals surface area contributed by atoms with E-state index in [0.717, 1.165) is 25.0 Å². The molecule has 236 valence electrons. The Labute approximate surface area is 247 Å². The number of alkyl halides is 4. The molecule has 4 rings (SSSR count). The summed E-state index contributed by atoms with van der Waals surface area (Å²) in [6, 6.07) is 8.10. The fourth-order valence-electron chi connectivity index (χ4n) is 4.98. The summed E-state index contributed by atoms with van der Waals surface area (Å²) in [5.41, 5.74) is 0.231. The highest BCUT2D eigenvalue weighted by Gasteiger charge is 2.44. The van der Waals surface area contributed by atoms with Crippen molar-refractivity contribution in [1.29, 1.82) is 0 Å². The molecule has 3 nitrogen and oxygen atoms in total. The Bertz CT molecular complexity index is 1440. The van der Waals surface area contributed by atoms with Crippen LogP contribution in [0, 0.1) is 23.5 Å². The van der Waals surface area contributed by atoms with E-state index in [2.05, 4.69) is 16.1 Å². The van der Waals surface area contributed by atoms with E-state index in [0.29, 0.717) is 42.7 Å². The number of benzene rings is 3. The molecule has 44 heavy (non-hydrogen) atoms. The molecule has 1 aliphatic carbocycles. The predicted octanol–water partition coefficient (Wildman–Crippen LogP) is 10.9. The predicted molar refractivity (Wildman–Crippen MR) is 144 cm³/mol. The van der Waals surface area contributed by atoms with Gasteiger partial charge in [0.05, 0.1) is 11.5 Å². The maximum absolute atomic E-state index is 14.8. The van der Waals surface area contributed by atoms with E-state index in [-0.39, 0.29) is 17.9 Å². The highest BCUT2D eigenvalue weighted by atomic mass is 19.3. The first-order valence-electron chi connectivity index (χ1n) is 13.6. The van der Waals surface area contributed by atoms with E-state index in [1.807, 2.05) is 6.08 Å². The van der Waals surface area contributed by atoms with Crippen LogP contribution in [0.15, 0.2) is 85.4 Å². The van der Waals surface area contributed by atoms with Gasteiger partial charge in [0.1, 0.15) is 11.5 Å². The number of halogens is 9. The zero-order valence-corrected chi connectivity index (χ0v) is 23.1. The largest absolute Gasteiger partial charge is 0.432 e. The van der Waals surface area contributed by atoms with E-state index < -0.39 is 58.9 Å². The van der Waals surface area contributed by atoms with E-state index in [1.165, 1.54) is 36.4 Å². The van der Waals surface area contributed by atoms with E-state index in [4.69, 9.17) is 4.74 Å². The van der Waals surface area contributed by atoms with Gasteiger partial charge in [-0.2, -0.15) is 30.7 Å². The Hall–Kier alpha value is -4.09. The van der Waals surface area contributed by atoms with Crippen molar-refractivity contribution < 1.29 is 53.7 Å². The topological polar surface area (TPSA) is 27.7 Å². The van der Waals surface area contributed by atoms with Crippen LogP contribution in [0.4, 0.5) is 39.5 Å². The summed E-state index contributed by atoms with van der Waals surface area (Å²) < 4.78 is 138. The minimum Gasteiger partial charge on any atom is -0.432 e. The van der Waals surface area contributed by atoms with Gasteiger partial charge in [-0.25, -0.2) is 8.78 Å². The van der Waals surface area contributed by atoms with Crippen molar-refractivity contribution >= 4 is 0 Å². The highest BCUT2D eigenvalue weighted by molar-refractivity contribution is 5.64. The fraction of sp³-hybridized carbons (Fsp3) is 0.312. The van der Waals surface area contributed by atoms with E-state index >= 15 is 0 Å². The Kier molecular flexibility index (Phi) is 10.2. The molecule has 0 amide bonds. The van der Waals surface area contributed by atoms with Gasteiger partial charge in [-0.3, -0.25) is 0 Å². The van der Waals surface area contributed by atoms with Crippen LogP contribution in [0.2, 0.25) is 0 Å². The molecule has 0 aromatic heterocycles. The first-order chi connectivity index (χ1) is 20.8. The van der Waals surface area contributed by atoms with Crippen molar-refractivity contribution in [1.82, 2.24) is 0 Å². The molecule has 1 fully saturated rings. The monoisotopic (exact) mass is 630 g/mol. The number of ether oxygens (including phenoxy) is 3. The normalized spacial score (nSPS) is 17.1. The molecule has 0 radical (unpaired) electrons. The van der Waals surface area contributed by atoms with Gasteiger partial charge in [0, 0.05) is 12.1 Å². The molecule has 0 heterocycles. The Morgan fingerprint density at radius 2 is 1.32 bits per heavy atom. The number of rotatable bonds is 12. The zero-order chi connectivity index (χ0) is 32.1. The molecular weight excluding hydrogens is 603 g/mol. The number of allylic oxidation sites excluding steroid dienone is 1. The van der Waals surface area contributed by atoms with Crippen LogP contribution in [0.25, 0.3) is 11.1 Å². The molecule has 0 N–H and O–H groups in total. The molecule has 1 aliphatic rings. The lowest BCUT2D eigenvalue weighted by Crippen LogP contribution is -2.37. The van der Waals surface area contributed by atoms with Crippen LogP contribution in [0.3, 0.4) is 0 Å². The molecule has 0 saturated heterocycles. The average Bonchev–Trinajstić information content (AvgIpc) is 2.98. The van der Waals surface area contributed by atoms with Gasteiger partial charge < -0.3 is 14.2 Å². The summed E-state index contributed by atoms with van der Waals surface area (Å²) in [7, 11) is 0. The molecule has 12 heteroatoms. The lowest BCUT2D eigenvalue weighted by molar-refractivity contribution is -0.223. The van der Waals surface area contributed by atoms with Crippen molar-refractivity contribution in [3.05, 3.63) is 103 Å². The van der Waals surface area contributed by atoms with Gasteiger partial charge in [0.25, 0.3) is 0 Å². The molecule has 3 aromatic rings. The quantitative estimate of drug-likeness (QED) is 0.113. The van der Waals surface area contributed by atoms with E-state index in [9.17, 15) is 39.5 Å². The standard InChI is InChI=1S/C32H27F9O3/c1-2-3-4-19-5-11-22(12-6-19)31(38,39)43-24-15-9-21(10-16-24)20-7-13-23(14-8-20)32(40,41)44-25-17-26(33)28(27(34)18-25)42-30(37)29(35)36/h2,7-10,13-19,22H,1,3-6,11-12H2. The Morgan fingerprint density at radius 1 is 0.773 bits per heavy atom. The van der Waals surface area contributed by atoms with Crippen molar-refractivity contribution in [2.45, 2.75) is 50.7 Å². The maximum atomic E-state index is 14.8. The van der Waals surface area contributed by atoms with Gasteiger partial charge >= 0.3 is 24.3 Å². The van der Waals surface area contributed by atoms with Crippen LogP contribution in [-0.2, 0) is 6.11 Å². The van der Waals surface area contributed by atoms with Crippen LogP contribution in [0.1, 0.15) is 44.1 Å². The van der Waals surface area contributed by atoms with Crippen LogP contribution in [0.5, 0.6) is 17.2 Å². The smallest absolute Gasteiger partial charge is 0.426 e. The first kappa shape index (κ1) is 32.8. The third-order valence-corrected chi connectivity index (χ3v) is 7.32. The second kappa shape index (κ2) is 13.7. The van der Waals surface area contributed by atoms with Gasteiger partial charge in [-0.05, 0) is 79.8 Å². The summed E-state index contributed by atoms with van der Waals surface area (Å²) >= 11 is 0. The highest BCUT2D eigenvalue weighted by Crippen LogP contribution is 2.42. The van der Waals surface area contributed by atoms with Crippen molar-refractivity contribution in [3.63, 3.8) is 0 Å². The molecule has 0 aliphatic heterocycles. The molecule has 3 aromatic carbocycles. The molecule has 0 spiro atoms.